The number of aliphatic hydroxyl groups is 1. The number of halogens is 3. The van der Waals surface area contributed by atoms with E-state index in [0.717, 1.165) is 0 Å². The number of alkyl halides is 3. The normalized spacial score (nSPS) is 14.8. The molecule has 0 fully saturated rings. The highest BCUT2D eigenvalue weighted by molar-refractivity contribution is 7.15. The highest BCUT2D eigenvalue weighted by Gasteiger charge is 2.35. The third kappa shape index (κ3) is 4.12. The van der Waals surface area contributed by atoms with Crippen LogP contribution in [0, 0.1) is 5.41 Å². The van der Waals surface area contributed by atoms with Crippen LogP contribution in [0.1, 0.15) is 25.8 Å². The highest BCUT2D eigenvalue weighted by atomic mass is 32.1. The third-order valence-electron chi connectivity index (χ3n) is 2.11. The highest BCUT2D eigenvalue weighted by Crippen LogP contribution is 2.33. The first-order valence-corrected chi connectivity index (χ1v) is 5.75. The minimum atomic E-state index is -4.47. The van der Waals surface area contributed by atoms with Crippen molar-refractivity contribution in [3.63, 3.8) is 0 Å². The minimum Gasteiger partial charge on any atom is -0.391 e. The van der Waals surface area contributed by atoms with Crippen LogP contribution in [0.3, 0.4) is 0 Å². The number of rotatable bonds is 3. The van der Waals surface area contributed by atoms with Crippen LogP contribution in [-0.2, 0) is 6.18 Å². The lowest BCUT2D eigenvalue weighted by Gasteiger charge is -2.25. The Morgan fingerprint density at radius 3 is 2.29 bits per heavy atom. The van der Waals surface area contributed by atoms with Gasteiger partial charge in [-0.2, -0.15) is 13.2 Å². The van der Waals surface area contributed by atoms with Crippen molar-refractivity contribution in [3.8, 4) is 0 Å². The van der Waals surface area contributed by atoms with Gasteiger partial charge in [0.25, 0.3) is 0 Å². The van der Waals surface area contributed by atoms with Gasteiger partial charge in [0.15, 0.2) is 0 Å². The van der Waals surface area contributed by atoms with Crippen LogP contribution < -0.4 is 5.32 Å². The first-order valence-electron chi connectivity index (χ1n) is 4.93. The van der Waals surface area contributed by atoms with Crippen molar-refractivity contribution in [2.75, 3.05) is 11.9 Å². The van der Waals surface area contributed by atoms with E-state index in [9.17, 15) is 18.3 Å². The van der Waals surface area contributed by atoms with Gasteiger partial charge in [0.2, 0.25) is 10.1 Å². The molecule has 0 aliphatic carbocycles. The third-order valence-corrected chi connectivity index (χ3v) is 3.04. The molecule has 98 valence electrons. The quantitative estimate of drug-likeness (QED) is 0.884. The maximum absolute atomic E-state index is 12.2. The summed E-state index contributed by atoms with van der Waals surface area (Å²) < 4.78 is 36.7. The van der Waals surface area contributed by atoms with Gasteiger partial charge in [-0.05, 0) is 5.41 Å². The number of aromatic nitrogens is 2. The van der Waals surface area contributed by atoms with E-state index in [2.05, 4.69) is 15.5 Å². The Labute approximate surface area is 101 Å². The molecule has 0 spiro atoms. The first-order chi connectivity index (χ1) is 7.60. The molecular formula is C9H14F3N3OS. The lowest BCUT2D eigenvalue weighted by molar-refractivity contribution is -0.138. The van der Waals surface area contributed by atoms with Gasteiger partial charge < -0.3 is 10.4 Å². The van der Waals surface area contributed by atoms with Gasteiger partial charge in [-0.3, -0.25) is 0 Å². The number of hydrogen-bond acceptors (Lipinski definition) is 5. The predicted molar refractivity (Wildman–Crippen MR) is 58.9 cm³/mol. The maximum Gasteiger partial charge on any atom is 0.445 e. The Kier molecular flexibility index (Phi) is 3.98. The van der Waals surface area contributed by atoms with E-state index < -0.39 is 17.3 Å². The Balaban J connectivity index is 2.57. The monoisotopic (exact) mass is 269 g/mol. The largest absolute Gasteiger partial charge is 0.445 e. The van der Waals surface area contributed by atoms with E-state index in [0.29, 0.717) is 11.3 Å². The van der Waals surface area contributed by atoms with Gasteiger partial charge in [0.1, 0.15) is 0 Å². The van der Waals surface area contributed by atoms with Crippen LogP contribution in [0.15, 0.2) is 0 Å². The summed E-state index contributed by atoms with van der Waals surface area (Å²) in [6.07, 6.45) is -5.15. The molecule has 17 heavy (non-hydrogen) atoms. The number of nitrogens with zero attached hydrogens (tertiary/aromatic N) is 2. The van der Waals surface area contributed by atoms with Gasteiger partial charge in [0, 0.05) is 6.54 Å². The molecular weight excluding hydrogens is 255 g/mol. The molecule has 1 heterocycles. The Hall–Kier alpha value is -0.890. The van der Waals surface area contributed by atoms with Crippen molar-refractivity contribution < 1.29 is 18.3 Å². The van der Waals surface area contributed by atoms with Crippen LogP contribution in [0.5, 0.6) is 0 Å². The average Bonchev–Trinajstić information content (AvgIpc) is 2.59. The molecule has 1 aromatic rings. The van der Waals surface area contributed by atoms with Crippen molar-refractivity contribution in [1.29, 1.82) is 0 Å². The Morgan fingerprint density at radius 1 is 1.29 bits per heavy atom. The molecule has 0 aromatic carbocycles. The predicted octanol–water partition coefficient (Wildman–Crippen LogP) is 2.38. The van der Waals surface area contributed by atoms with Gasteiger partial charge in [0.05, 0.1) is 6.10 Å². The van der Waals surface area contributed by atoms with Crippen molar-refractivity contribution in [2.24, 2.45) is 5.41 Å². The number of hydrogen-bond donors (Lipinski definition) is 2. The van der Waals surface area contributed by atoms with Gasteiger partial charge in [-0.25, -0.2) is 0 Å². The second kappa shape index (κ2) is 4.77. The molecule has 0 amide bonds. The molecule has 0 bridgehead atoms. The van der Waals surface area contributed by atoms with Crippen LogP contribution >= 0.6 is 11.3 Å². The zero-order valence-electron chi connectivity index (χ0n) is 9.67. The molecule has 0 unspecified atom stereocenters. The second-order valence-electron chi connectivity index (χ2n) is 4.67. The smallest absolute Gasteiger partial charge is 0.391 e. The van der Waals surface area contributed by atoms with E-state index >= 15 is 0 Å². The zero-order valence-corrected chi connectivity index (χ0v) is 10.5. The number of aliphatic hydroxyl groups excluding tert-OH is 1. The van der Waals surface area contributed by atoms with Gasteiger partial charge >= 0.3 is 6.18 Å². The summed E-state index contributed by atoms with van der Waals surface area (Å²) in [6.45, 7) is 5.64. The number of anilines is 1. The minimum absolute atomic E-state index is 0.0561. The van der Waals surface area contributed by atoms with E-state index in [4.69, 9.17) is 0 Å². The Bertz CT molecular complexity index is 372. The number of nitrogens with one attached hydrogen (secondary N) is 1. The average molecular weight is 269 g/mol. The summed E-state index contributed by atoms with van der Waals surface area (Å²) in [4.78, 5) is 0. The van der Waals surface area contributed by atoms with E-state index in [1.165, 1.54) is 0 Å². The van der Waals surface area contributed by atoms with Crippen molar-refractivity contribution in [3.05, 3.63) is 5.01 Å². The van der Waals surface area contributed by atoms with Crippen molar-refractivity contribution >= 4 is 16.5 Å². The second-order valence-corrected chi connectivity index (χ2v) is 5.65. The summed E-state index contributed by atoms with van der Waals surface area (Å²) in [5.74, 6) is 0. The molecule has 1 atom stereocenters. The van der Waals surface area contributed by atoms with Gasteiger partial charge in [-0.15, -0.1) is 10.2 Å². The van der Waals surface area contributed by atoms with Crippen LogP contribution in [0.4, 0.5) is 18.3 Å². The molecule has 2 N–H and O–H groups in total. The molecule has 4 nitrogen and oxygen atoms in total. The fourth-order valence-electron chi connectivity index (χ4n) is 0.899. The van der Waals surface area contributed by atoms with Crippen LogP contribution in [0.25, 0.3) is 0 Å². The molecule has 0 saturated heterocycles. The fourth-order valence-corrected chi connectivity index (χ4v) is 1.52. The summed E-state index contributed by atoms with van der Waals surface area (Å²) in [6, 6.07) is 0. The van der Waals surface area contributed by atoms with E-state index in [1.54, 1.807) is 0 Å². The molecule has 1 rings (SSSR count). The van der Waals surface area contributed by atoms with Crippen molar-refractivity contribution in [2.45, 2.75) is 33.1 Å². The van der Waals surface area contributed by atoms with E-state index in [-0.39, 0.29) is 17.1 Å². The fraction of sp³-hybridized carbons (Fsp3) is 0.778. The van der Waals surface area contributed by atoms with Crippen LogP contribution in [0.2, 0.25) is 0 Å². The summed E-state index contributed by atoms with van der Waals surface area (Å²) >= 11 is 0.423. The molecule has 0 aliphatic rings. The summed E-state index contributed by atoms with van der Waals surface area (Å²) in [5, 5.41) is 17.8. The molecule has 8 heteroatoms. The maximum atomic E-state index is 12.2. The topological polar surface area (TPSA) is 58.0 Å². The zero-order chi connectivity index (χ0) is 13.3. The molecule has 0 aliphatic heterocycles. The summed E-state index contributed by atoms with van der Waals surface area (Å²) in [7, 11) is 0. The lowest BCUT2D eigenvalue weighted by Crippen LogP contribution is -2.32. The Morgan fingerprint density at radius 2 is 1.88 bits per heavy atom. The molecule has 1 aromatic heterocycles. The first kappa shape index (κ1) is 14.2. The van der Waals surface area contributed by atoms with Gasteiger partial charge in [-0.1, -0.05) is 32.1 Å². The van der Waals surface area contributed by atoms with Crippen LogP contribution in [-0.4, -0.2) is 28.0 Å². The molecule has 0 saturated carbocycles. The standard InChI is InChI=1S/C9H14F3N3OS/c1-8(2,3)5(16)4-13-7-15-14-6(17-7)9(10,11)12/h5,16H,4H2,1-3H3,(H,13,15)/t5-/m0/s1. The SMILES string of the molecule is CC(C)(C)[C@@H](O)CNc1nnc(C(F)(F)F)s1. The molecule has 0 radical (unpaired) electrons. The lowest BCUT2D eigenvalue weighted by atomic mass is 9.89. The van der Waals surface area contributed by atoms with E-state index in [1.807, 2.05) is 20.8 Å². The van der Waals surface area contributed by atoms with Crippen molar-refractivity contribution in [1.82, 2.24) is 10.2 Å². The summed E-state index contributed by atoms with van der Waals surface area (Å²) in [5.41, 5.74) is -0.343.